The van der Waals surface area contributed by atoms with E-state index in [9.17, 15) is 10.1 Å². The zero-order chi connectivity index (χ0) is 18.0. The highest BCUT2D eigenvalue weighted by atomic mass is 16.5. The number of ether oxygens (including phenoxy) is 1. The van der Waals surface area contributed by atoms with E-state index in [1.165, 1.54) is 7.11 Å². The number of rotatable bonds is 3. The van der Waals surface area contributed by atoms with Crippen LogP contribution in [-0.2, 0) is 4.74 Å². The summed E-state index contributed by atoms with van der Waals surface area (Å²) in [4.78, 5) is 13.6. The molecule has 2 aromatic heterocycles. The molecule has 0 aromatic carbocycles. The second-order valence-corrected chi connectivity index (χ2v) is 6.04. The molecule has 0 bridgehead atoms. The molecule has 0 amide bonds. The Balaban J connectivity index is 1.85. The number of nitrogens with zero attached hydrogens (tertiary/aromatic N) is 7. The number of esters is 1. The molecule has 1 fully saturated rings. The minimum absolute atomic E-state index is 0.0367. The first kappa shape index (κ1) is 16.8. The van der Waals surface area contributed by atoms with Crippen LogP contribution in [0, 0.1) is 25.2 Å². The van der Waals surface area contributed by atoms with Crippen LogP contribution in [-0.4, -0.2) is 51.4 Å². The monoisotopic (exact) mass is 341 g/mol. The summed E-state index contributed by atoms with van der Waals surface area (Å²) in [6.07, 6.45) is 3.41. The Morgan fingerprint density at radius 3 is 2.88 bits per heavy atom. The van der Waals surface area contributed by atoms with Crippen molar-refractivity contribution < 1.29 is 9.53 Å². The lowest BCUT2D eigenvalue weighted by atomic mass is 10.0. The SMILES string of the molecule is COC(=O)c1cn([C@@H]2CCCN(c3nnc(C)c(C)c3C#N)C2)nn1. The van der Waals surface area contributed by atoms with E-state index < -0.39 is 5.97 Å². The molecule has 1 atom stereocenters. The maximum atomic E-state index is 11.5. The third-order valence-electron chi connectivity index (χ3n) is 4.52. The highest BCUT2D eigenvalue weighted by Gasteiger charge is 2.27. The number of anilines is 1. The van der Waals surface area contributed by atoms with Gasteiger partial charge >= 0.3 is 5.97 Å². The van der Waals surface area contributed by atoms with E-state index in [1.54, 1.807) is 10.9 Å². The van der Waals surface area contributed by atoms with Gasteiger partial charge in [-0.25, -0.2) is 9.48 Å². The Morgan fingerprint density at radius 2 is 2.16 bits per heavy atom. The number of carbonyl (C=O) groups excluding carboxylic acids is 1. The first-order valence-electron chi connectivity index (χ1n) is 8.04. The van der Waals surface area contributed by atoms with Crippen molar-refractivity contribution in [2.45, 2.75) is 32.7 Å². The van der Waals surface area contributed by atoms with E-state index in [0.29, 0.717) is 17.9 Å². The van der Waals surface area contributed by atoms with Crippen LogP contribution in [0.1, 0.15) is 46.2 Å². The molecule has 0 spiro atoms. The van der Waals surface area contributed by atoms with Gasteiger partial charge < -0.3 is 9.64 Å². The van der Waals surface area contributed by atoms with Crippen LogP contribution in [0.5, 0.6) is 0 Å². The third kappa shape index (κ3) is 3.15. The number of hydrogen-bond acceptors (Lipinski definition) is 8. The number of methoxy groups -OCH3 is 1. The number of aryl methyl sites for hydroxylation is 1. The minimum Gasteiger partial charge on any atom is -0.464 e. The summed E-state index contributed by atoms with van der Waals surface area (Å²) >= 11 is 0. The maximum absolute atomic E-state index is 11.5. The topological polar surface area (TPSA) is 110 Å². The first-order chi connectivity index (χ1) is 12.0. The molecule has 0 unspecified atom stereocenters. The summed E-state index contributed by atoms with van der Waals surface area (Å²) in [5.74, 6) is 0.0920. The lowest BCUT2D eigenvalue weighted by molar-refractivity contribution is 0.0594. The summed E-state index contributed by atoms with van der Waals surface area (Å²) in [6.45, 7) is 5.14. The van der Waals surface area contributed by atoms with Crippen molar-refractivity contribution in [3.05, 3.63) is 28.7 Å². The Morgan fingerprint density at radius 1 is 1.36 bits per heavy atom. The maximum Gasteiger partial charge on any atom is 0.360 e. The third-order valence-corrected chi connectivity index (χ3v) is 4.52. The molecule has 25 heavy (non-hydrogen) atoms. The van der Waals surface area contributed by atoms with Crippen molar-refractivity contribution in [2.75, 3.05) is 25.1 Å². The Hall–Kier alpha value is -3.02. The summed E-state index contributed by atoms with van der Waals surface area (Å²) in [5.41, 5.74) is 2.35. The van der Waals surface area contributed by atoms with Gasteiger partial charge in [-0.05, 0) is 32.3 Å². The summed E-state index contributed by atoms with van der Waals surface area (Å²) < 4.78 is 6.34. The quantitative estimate of drug-likeness (QED) is 0.766. The van der Waals surface area contributed by atoms with Crippen LogP contribution >= 0.6 is 0 Å². The predicted molar refractivity (Wildman–Crippen MR) is 88.1 cm³/mol. The molecule has 1 saturated heterocycles. The molecule has 3 heterocycles. The van der Waals surface area contributed by atoms with Crippen molar-refractivity contribution in [2.24, 2.45) is 0 Å². The van der Waals surface area contributed by atoms with Crippen molar-refractivity contribution in [3.8, 4) is 6.07 Å². The van der Waals surface area contributed by atoms with Crippen LogP contribution in [0.4, 0.5) is 5.82 Å². The van der Waals surface area contributed by atoms with Crippen LogP contribution in [0.25, 0.3) is 0 Å². The van der Waals surface area contributed by atoms with Crippen molar-refractivity contribution >= 4 is 11.8 Å². The van der Waals surface area contributed by atoms with Crippen LogP contribution < -0.4 is 4.90 Å². The first-order valence-corrected chi connectivity index (χ1v) is 8.04. The molecule has 3 rings (SSSR count). The van der Waals surface area contributed by atoms with Crippen LogP contribution in [0.2, 0.25) is 0 Å². The fourth-order valence-corrected chi connectivity index (χ4v) is 2.97. The summed E-state index contributed by atoms with van der Waals surface area (Å²) in [5, 5.41) is 25.8. The standard InChI is InChI=1S/C16H19N7O2/c1-10-11(2)18-20-15(13(10)7-17)22-6-4-5-12(8-22)23-9-14(19-21-23)16(24)25-3/h9,12H,4-6,8H2,1-3H3/t12-/m1/s1. The second-order valence-electron chi connectivity index (χ2n) is 6.04. The molecule has 1 aliphatic rings. The zero-order valence-electron chi connectivity index (χ0n) is 14.4. The lowest BCUT2D eigenvalue weighted by Gasteiger charge is -2.33. The molecule has 0 aliphatic carbocycles. The average Bonchev–Trinajstić information content (AvgIpc) is 3.13. The van der Waals surface area contributed by atoms with Gasteiger partial charge in [-0.3, -0.25) is 0 Å². The van der Waals surface area contributed by atoms with E-state index >= 15 is 0 Å². The van der Waals surface area contributed by atoms with Crippen molar-refractivity contribution in [3.63, 3.8) is 0 Å². The lowest BCUT2D eigenvalue weighted by Crippen LogP contribution is -2.38. The van der Waals surface area contributed by atoms with Gasteiger partial charge in [0.1, 0.15) is 11.6 Å². The fraction of sp³-hybridized carbons (Fsp3) is 0.500. The fourth-order valence-electron chi connectivity index (χ4n) is 2.97. The van der Waals surface area contributed by atoms with Crippen molar-refractivity contribution in [1.29, 1.82) is 5.26 Å². The van der Waals surface area contributed by atoms with Gasteiger partial charge in [-0.1, -0.05) is 5.21 Å². The van der Waals surface area contributed by atoms with Gasteiger partial charge in [-0.2, -0.15) is 10.4 Å². The Kier molecular flexibility index (Phi) is 4.61. The molecule has 9 heteroatoms. The highest BCUT2D eigenvalue weighted by molar-refractivity contribution is 5.86. The number of piperidine rings is 1. The minimum atomic E-state index is -0.509. The van der Waals surface area contributed by atoms with E-state index in [1.807, 2.05) is 18.7 Å². The zero-order valence-corrected chi connectivity index (χ0v) is 14.4. The molecular formula is C16H19N7O2. The predicted octanol–water partition coefficient (Wildman–Crippen LogP) is 1.18. The van der Waals surface area contributed by atoms with Gasteiger partial charge in [0.2, 0.25) is 0 Å². The molecule has 0 radical (unpaired) electrons. The van der Waals surface area contributed by atoms with E-state index in [4.69, 9.17) is 0 Å². The van der Waals surface area contributed by atoms with Crippen molar-refractivity contribution in [1.82, 2.24) is 25.2 Å². The molecule has 130 valence electrons. The second kappa shape index (κ2) is 6.84. The smallest absolute Gasteiger partial charge is 0.360 e. The van der Waals surface area contributed by atoms with Gasteiger partial charge in [0.25, 0.3) is 0 Å². The van der Waals surface area contributed by atoms with Gasteiger partial charge in [0, 0.05) is 13.1 Å². The molecule has 1 aliphatic heterocycles. The number of aromatic nitrogens is 5. The van der Waals surface area contributed by atoms with Crippen LogP contribution in [0.3, 0.4) is 0 Å². The number of carbonyl (C=O) groups is 1. The van der Waals surface area contributed by atoms with Gasteiger partial charge in [0.15, 0.2) is 11.5 Å². The normalized spacial score (nSPS) is 17.2. The van der Waals surface area contributed by atoms with E-state index in [-0.39, 0.29) is 11.7 Å². The summed E-state index contributed by atoms with van der Waals surface area (Å²) in [6, 6.07) is 2.28. The summed E-state index contributed by atoms with van der Waals surface area (Å²) in [7, 11) is 1.31. The Labute approximate surface area is 145 Å². The molecule has 0 N–H and O–H groups in total. The number of nitriles is 1. The largest absolute Gasteiger partial charge is 0.464 e. The van der Waals surface area contributed by atoms with E-state index in [2.05, 4.69) is 31.3 Å². The number of hydrogen-bond donors (Lipinski definition) is 0. The molecule has 2 aromatic rings. The van der Waals surface area contributed by atoms with E-state index in [0.717, 1.165) is 30.6 Å². The molecular weight excluding hydrogens is 322 g/mol. The molecule has 9 nitrogen and oxygen atoms in total. The van der Waals surface area contributed by atoms with Gasteiger partial charge in [-0.15, -0.1) is 10.2 Å². The Bertz CT molecular complexity index is 839. The average molecular weight is 341 g/mol. The molecule has 0 saturated carbocycles. The van der Waals surface area contributed by atoms with Crippen LogP contribution in [0.15, 0.2) is 6.20 Å². The van der Waals surface area contributed by atoms with Gasteiger partial charge in [0.05, 0.1) is 25.0 Å². The highest BCUT2D eigenvalue weighted by Crippen LogP contribution is 2.28.